The van der Waals surface area contributed by atoms with Crippen molar-refractivity contribution in [2.75, 3.05) is 18.4 Å². The monoisotopic (exact) mass is 284 g/mol. The third kappa shape index (κ3) is 3.07. The molecule has 4 nitrogen and oxygen atoms in total. The van der Waals surface area contributed by atoms with Crippen molar-refractivity contribution in [1.29, 1.82) is 0 Å². The maximum atomic E-state index is 13.7. The van der Waals surface area contributed by atoms with Crippen LogP contribution < -0.4 is 5.32 Å². The van der Waals surface area contributed by atoms with E-state index in [9.17, 15) is 13.6 Å². The van der Waals surface area contributed by atoms with Gasteiger partial charge >= 0.3 is 5.97 Å². The van der Waals surface area contributed by atoms with Crippen LogP contribution in [-0.4, -0.2) is 41.1 Å². The van der Waals surface area contributed by atoms with Crippen LogP contribution in [0.1, 0.15) is 30.6 Å². The van der Waals surface area contributed by atoms with E-state index in [0.717, 1.165) is 25.6 Å². The highest BCUT2D eigenvalue weighted by Gasteiger charge is 2.25. The molecule has 0 amide bonds. The molecule has 1 saturated heterocycles. The van der Waals surface area contributed by atoms with Gasteiger partial charge in [0.25, 0.3) is 0 Å². The number of halogens is 2. The van der Waals surface area contributed by atoms with Crippen molar-refractivity contribution in [1.82, 2.24) is 4.90 Å². The minimum absolute atomic E-state index is 0.0407. The lowest BCUT2D eigenvalue weighted by molar-refractivity contribution is 0.0692. The van der Waals surface area contributed by atoms with E-state index in [2.05, 4.69) is 24.1 Å². The van der Waals surface area contributed by atoms with Crippen LogP contribution in [-0.2, 0) is 0 Å². The molecule has 1 aromatic rings. The van der Waals surface area contributed by atoms with Crippen LogP contribution in [0.5, 0.6) is 0 Å². The van der Waals surface area contributed by atoms with E-state index in [1.807, 2.05) is 0 Å². The summed E-state index contributed by atoms with van der Waals surface area (Å²) in [6, 6.07) is 2.08. The minimum atomic E-state index is -1.40. The van der Waals surface area contributed by atoms with E-state index in [-0.39, 0.29) is 11.7 Å². The zero-order chi connectivity index (χ0) is 14.9. The van der Waals surface area contributed by atoms with E-state index in [4.69, 9.17) is 5.11 Å². The van der Waals surface area contributed by atoms with Gasteiger partial charge in [-0.2, -0.15) is 0 Å². The third-order valence-corrected chi connectivity index (χ3v) is 3.60. The Morgan fingerprint density at radius 3 is 2.65 bits per heavy atom. The van der Waals surface area contributed by atoms with Crippen LogP contribution in [0, 0.1) is 11.6 Å². The average molecular weight is 284 g/mol. The van der Waals surface area contributed by atoms with Crippen LogP contribution in [0.15, 0.2) is 12.1 Å². The van der Waals surface area contributed by atoms with Crippen molar-refractivity contribution in [2.45, 2.75) is 32.4 Å². The Morgan fingerprint density at radius 1 is 1.40 bits per heavy atom. The van der Waals surface area contributed by atoms with Crippen molar-refractivity contribution < 1.29 is 18.7 Å². The first-order valence-corrected chi connectivity index (χ1v) is 6.61. The first kappa shape index (κ1) is 14.7. The van der Waals surface area contributed by atoms with Gasteiger partial charge in [-0.15, -0.1) is 0 Å². The number of carbonyl (C=O) groups is 1. The fraction of sp³-hybridized carbons (Fsp3) is 0.500. The maximum Gasteiger partial charge on any atom is 0.338 e. The highest BCUT2D eigenvalue weighted by atomic mass is 19.1. The molecule has 0 radical (unpaired) electrons. The van der Waals surface area contributed by atoms with Crippen LogP contribution in [0.4, 0.5) is 14.5 Å². The van der Waals surface area contributed by atoms with E-state index < -0.39 is 23.2 Å². The molecule has 1 heterocycles. The van der Waals surface area contributed by atoms with Crippen LogP contribution in [0.25, 0.3) is 0 Å². The molecule has 0 aliphatic carbocycles. The smallest absolute Gasteiger partial charge is 0.338 e. The Labute approximate surface area is 116 Å². The van der Waals surface area contributed by atoms with Gasteiger partial charge in [-0.05, 0) is 26.3 Å². The Balaban J connectivity index is 2.14. The molecule has 20 heavy (non-hydrogen) atoms. The summed E-state index contributed by atoms with van der Waals surface area (Å²) in [5, 5.41) is 11.8. The molecule has 1 aromatic carbocycles. The van der Waals surface area contributed by atoms with E-state index in [1.165, 1.54) is 0 Å². The zero-order valence-electron chi connectivity index (χ0n) is 11.5. The normalized spacial score (nSPS) is 19.6. The molecule has 1 aliphatic heterocycles. The van der Waals surface area contributed by atoms with Crippen molar-refractivity contribution in [3.63, 3.8) is 0 Å². The van der Waals surface area contributed by atoms with E-state index >= 15 is 0 Å². The Morgan fingerprint density at radius 2 is 2.10 bits per heavy atom. The molecule has 1 aliphatic rings. The summed E-state index contributed by atoms with van der Waals surface area (Å²) in [6.45, 7) is 5.84. The lowest BCUT2D eigenvalue weighted by atomic mass is 10.1. The van der Waals surface area contributed by atoms with Crippen molar-refractivity contribution in [3.8, 4) is 0 Å². The van der Waals surface area contributed by atoms with Crippen molar-refractivity contribution in [3.05, 3.63) is 29.3 Å². The number of nitrogens with zero attached hydrogens (tertiary/aromatic N) is 1. The highest BCUT2D eigenvalue weighted by molar-refractivity contribution is 5.89. The van der Waals surface area contributed by atoms with E-state index in [1.54, 1.807) is 0 Å². The quantitative estimate of drug-likeness (QED) is 0.892. The van der Waals surface area contributed by atoms with Gasteiger partial charge in [-0.3, -0.25) is 4.90 Å². The summed E-state index contributed by atoms with van der Waals surface area (Å²) in [5.74, 6) is -3.23. The van der Waals surface area contributed by atoms with Gasteiger partial charge in [0.15, 0.2) is 0 Å². The summed E-state index contributed by atoms with van der Waals surface area (Å²) < 4.78 is 27.0. The molecule has 0 aromatic heterocycles. The molecule has 2 N–H and O–H groups in total. The number of benzene rings is 1. The number of carboxylic acid groups (broad SMARTS) is 1. The van der Waals surface area contributed by atoms with Crippen LogP contribution >= 0.6 is 0 Å². The second kappa shape index (κ2) is 5.75. The summed E-state index contributed by atoms with van der Waals surface area (Å²) in [5.41, 5.74) is -0.480. The minimum Gasteiger partial charge on any atom is -0.478 e. The number of aromatic carboxylic acids is 1. The summed E-state index contributed by atoms with van der Waals surface area (Å²) in [6.07, 6.45) is 0.845. The van der Waals surface area contributed by atoms with Gasteiger partial charge in [0.2, 0.25) is 0 Å². The number of anilines is 1. The lowest BCUT2D eigenvalue weighted by Gasteiger charge is -2.21. The van der Waals surface area contributed by atoms with Crippen LogP contribution in [0.3, 0.4) is 0 Å². The van der Waals surface area contributed by atoms with Crippen molar-refractivity contribution in [2.24, 2.45) is 0 Å². The molecular weight excluding hydrogens is 266 g/mol. The van der Waals surface area contributed by atoms with E-state index in [0.29, 0.717) is 12.1 Å². The van der Waals surface area contributed by atoms with Gasteiger partial charge in [-0.25, -0.2) is 13.6 Å². The summed E-state index contributed by atoms with van der Waals surface area (Å²) in [7, 11) is 0. The molecule has 1 unspecified atom stereocenters. The second-order valence-corrected chi connectivity index (χ2v) is 5.34. The van der Waals surface area contributed by atoms with Crippen LogP contribution in [0.2, 0.25) is 0 Å². The van der Waals surface area contributed by atoms with Gasteiger partial charge < -0.3 is 10.4 Å². The highest BCUT2D eigenvalue weighted by Crippen LogP contribution is 2.23. The molecule has 6 heteroatoms. The topological polar surface area (TPSA) is 52.6 Å². The number of rotatable bonds is 4. The SMILES string of the molecule is CC(C)N1CCC(Nc2cc(C(=O)O)c(F)cc2F)C1. The zero-order valence-corrected chi connectivity index (χ0v) is 11.5. The Bertz CT molecular complexity index is 520. The second-order valence-electron chi connectivity index (χ2n) is 5.34. The predicted octanol–water partition coefficient (Wildman–Crippen LogP) is 2.56. The first-order valence-electron chi connectivity index (χ1n) is 6.61. The lowest BCUT2D eigenvalue weighted by Crippen LogP contribution is -2.31. The molecule has 0 spiro atoms. The predicted molar refractivity (Wildman–Crippen MR) is 72.1 cm³/mol. The maximum absolute atomic E-state index is 13.7. The molecule has 0 saturated carbocycles. The largest absolute Gasteiger partial charge is 0.478 e. The molecule has 0 bridgehead atoms. The number of carboxylic acids is 1. The summed E-state index contributed by atoms with van der Waals surface area (Å²) >= 11 is 0. The molecule has 2 rings (SSSR count). The third-order valence-electron chi connectivity index (χ3n) is 3.60. The van der Waals surface area contributed by atoms with Gasteiger partial charge in [-0.1, -0.05) is 0 Å². The summed E-state index contributed by atoms with van der Waals surface area (Å²) in [4.78, 5) is 13.1. The molecular formula is C14H18F2N2O2. The fourth-order valence-corrected chi connectivity index (χ4v) is 2.42. The number of nitrogens with one attached hydrogen (secondary N) is 1. The number of likely N-dealkylation sites (tertiary alicyclic amines) is 1. The van der Waals surface area contributed by atoms with Crippen molar-refractivity contribution >= 4 is 11.7 Å². The molecule has 1 atom stereocenters. The van der Waals surface area contributed by atoms with Gasteiger partial charge in [0.1, 0.15) is 11.6 Å². The Kier molecular flexibility index (Phi) is 4.23. The Hall–Kier alpha value is -1.69. The number of hydrogen-bond donors (Lipinski definition) is 2. The molecule has 110 valence electrons. The molecule has 1 fully saturated rings. The fourth-order valence-electron chi connectivity index (χ4n) is 2.42. The van der Waals surface area contributed by atoms with Gasteiger partial charge in [0, 0.05) is 31.2 Å². The standard InChI is InChI=1S/C14H18F2N2O2/c1-8(2)18-4-3-9(7-18)17-13-5-10(14(19)20)11(15)6-12(13)16/h5-6,8-9,17H,3-4,7H2,1-2H3,(H,19,20). The first-order chi connectivity index (χ1) is 9.38. The van der Waals surface area contributed by atoms with Gasteiger partial charge in [0.05, 0.1) is 11.3 Å². The average Bonchev–Trinajstić information content (AvgIpc) is 2.80. The number of hydrogen-bond acceptors (Lipinski definition) is 3.